The van der Waals surface area contributed by atoms with Gasteiger partial charge >= 0.3 is 5.97 Å². The zero-order valence-electron chi connectivity index (χ0n) is 15.7. The van der Waals surface area contributed by atoms with E-state index in [1.807, 2.05) is 6.07 Å². The molecule has 3 rings (SSSR count). The fourth-order valence-corrected chi connectivity index (χ4v) is 4.39. The Morgan fingerprint density at radius 3 is 2.57 bits per heavy atom. The number of ketones is 1. The highest BCUT2D eigenvalue weighted by Gasteiger charge is 2.19. The number of hydrogen-bond acceptors (Lipinski definition) is 5. The standard InChI is InChI=1S/C21H22FNO4S/c1-13(24)23-15-8-9-16(17(22)11-15)18(25)12-27-21(26)20-10-14-6-4-2-3-5-7-19(14)28-20/h8-11H,2-7,12H2,1H3,(H,23,24). The van der Waals surface area contributed by atoms with E-state index in [1.165, 1.54) is 53.7 Å². The molecule has 0 spiro atoms. The van der Waals surface area contributed by atoms with Crippen LogP contribution >= 0.6 is 11.3 Å². The number of carbonyl (C=O) groups is 3. The maximum atomic E-state index is 14.1. The summed E-state index contributed by atoms with van der Waals surface area (Å²) >= 11 is 1.42. The molecule has 0 aliphatic heterocycles. The quantitative estimate of drug-likeness (QED) is 0.587. The van der Waals surface area contributed by atoms with Crippen molar-refractivity contribution in [3.05, 3.63) is 51.0 Å². The number of carbonyl (C=O) groups excluding carboxylic acids is 3. The molecule has 1 aromatic heterocycles. The normalized spacial score (nSPS) is 13.8. The van der Waals surface area contributed by atoms with Crippen LogP contribution in [0, 0.1) is 5.82 Å². The van der Waals surface area contributed by atoms with Crippen LogP contribution < -0.4 is 5.32 Å². The molecule has 2 aromatic rings. The van der Waals surface area contributed by atoms with E-state index in [4.69, 9.17) is 4.74 Å². The van der Waals surface area contributed by atoms with Gasteiger partial charge in [0.25, 0.3) is 0 Å². The van der Waals surface area contributed by atoms with Crippen LogP contribution in [0.3, 0.4) is 0 Å². The number of esters is 1. The zero-order chi connectivity index (χ0) is 20.1. The highest BCUT2D eigenvalue weighted by atomic mass is 32.1. The molecule has 0 radical (unpaired) electrons. The van der Waals surface area contributed by atoms with Crippen molar-refractivity contribution in [3.8, 4) is 0 Å². The Kier molecular flexibility index (Phi) is 6.57. The number of aryl methyl sites for hydroxylation is 2. The summed E-state index contributed by atoms with van der Waals surface area (Å²) in [5, 5.41) is 2.44. The van der Waals surface area contributed by atoms with Gasteiger partial charge in [0.1, 0.15) is 10.7 Å². The zero-order valence-corrected chi connectivity index (χ0v) is 16.5. The van der Waals surface area contributed by atoms with Crippen molar-refractivity contribution in [2.75, 3.05) is 11.9 Å². The fraction of sp³-hybridized carbons (Fsp3) is 0.381. The molecule has 1 heterocycles. The van der Waals surface area contributed by atoms with Gasteiger partial charge in [-0.05, 0) is 55.5 Å². The summed E-state index contributed by atoms with van der Waals surface area (Å²) in [5.74, 6) is -2.29. The minimum absolute atomic E-state index is 0.180. The van der Waals surface area contributed by atoms with Crippen molar-refractivity contribution in [1.82, 2.24) is 0 Å². The largest absolute Gasteiger partial charge is 0.453 e. The second-order valence-corrected chi connectivity index (χ2v) is 7.99. The third kappa shape index (κ3) is 5.04. The molecule has 28 heavy (non-hydrogen) atoms. The molecule has 1 aromatic carbocycles. The predicted molar refractivity (Wildman–Crippen MR) is 106 cm³/mol. The van der Waals surface area contributed by atoms with Crippen LogP contribution in [0.2, 0.25) is 0 Å². The number of nitrogens with one attached hydrogen (secondary N) is 1. The van der Waals surface area contributed by atoms with Crippen LogP contribution in [-0.4, -0.2) is 24.3 Å². The number of fused-ring (bicyclic) bond motifs is 1. The van der Waals surface area contributed by atoms with Crippen LogP contribution in [0.1, 0.15) is 63.1 Å². The molecule has 0 bridgehead atoms. The number of amides is 1. The number of ether oxygens (including phenoxy) is 1. The number of hydrogen-bond donors (Lipinski definition) is 1. The summed E-state index contributed by atoms with van der Waals surface area (Å²) in [6, 6.07) is 5.63. The maximum absolute atomic E-state index is 14.1. The summed E-state index contributed by atoms with van der Waals surface area (Å²) in [7, 11) is 0. The summed E-state index contributed by atoms with van der Waals surface area (Å²) in [5.41, 5.74) is 1.28. The smallest absolute Gasteiger partial charge is 0.348 e. The van der Waals surface area contributed by atoms with Crippen molar-refractivity contribution < 1.29 is 23.5 Å². The molecular formula is C21H22FNO4S. The lowest BCUT2D eigenvalue weighted by Crippen LogP contribution is -2.15. The average molecular weight is 403 g/mol. The lowest BCUT2D eigenvalue weighted by atomic mass is 10.00. The summed E-state index contributed by atoms with van der Waals surface area (Å²) in [4.78, 5) is 37.3. The Hall–Kier alpha value is -2.54. The van der Waals surface area contributed by atoms with Crippen LogP contribution in [0.5, 0.6) is 0 Å². The highest BCUT2D eigenvalue weighted by molar-refractivity contribution is 7.14. The first-order valence-electron chi connectivity index (χ1n) is 9.33. The lowest BCUT2D eigenvalue weighted by Gasteiger charge is -2.07. The molecule has 7 heteroatoms. The Bertz CT molecular complexity index is 880. The first-order valence-corrected chi connectivity index (χ1v) is 10.1. The van der Waals surface area contributed by atoms with Crippen LogP contribution in [0.15, 0.2) is 24.3 Å². The highest BCUT2D eigenvalue weighted by Crippen LogP contribution is 2.29. The van der Waals surface area contributed by atoms with Crippen LogP contribution in [-0.2, 0) is 22.4 Å². The Labute approximate surface area is 166 Å². The van der Waals surface area contributed by atoms with E-state index < -0.39 is 24.2 Å². The number of halogens is 1. The summed E-state index contributed by atoms with van der Waals surface area (Å²) < 4.78 is 19.2. The lowest BCUT2D eigenvalue weighted by molar-refractivity contribution is -0.114. The number of Topliss-reactive ketones (excluding diaryl/α,β-unsaturated/α-hetero) is 1. The van der Waals surface area contributed by atoms with Gasteiger partial charge in [-0.15, -0.1) is 11.3 Å². The molecule has 0 saturated carbocycles. The number of benzene rings is 1. The first kappa shape index (κ1) is 20.2. The van der Waals surface area contributed by atoms with E-state index in [0.29, 0.717) is 4.88 Å². The van der Waals surface area contributed by atoms with Crippen molar-refractivity contribution in [3.63, 3.8) is 0 Å². The summed E-state index contributed by atoms with van der Waals surface area (Å²) in [6.07, 6.45) is 6.58. The van der Waals surface area contributed by atoms with Gasteiger partial charge < -0.3 is 10.1 Å². The van der Waals surface area contributed by atoms with Crippen LogP contribution in [0.4, 0.5) is 10.1 Å². The molecule has 0 unspecified atom stereocenters. The Morgan fingerprint density at radius 2 is 1.86 bits per heavy atom. The second-order valence-electron chi connectivity index (χ2n) is 6.85. The SMILES string of the molecule is CC(=O)Nc1ccc(C(=O)COC(=O)c2cc3c(s2)CCCCCC3)c(F)c1. The topological polar surface area (TPSA) is 72.5 Å². The van der Waals surface area contributed by atoms with Gasteiger partial charge in [-0.25, -0.2) is 9.18 Å². The predicted octanol–water partition coefficient (Wildman–Crippen LogP) is 4.54. The molecule has 0 atom stereocenters. The number of rotatable bonds is 5. The van der Waals surface area contributed by atoms with E-state index in [1.54, 1.807) is 0 Å². The number of thiophene rings is 1. The average Bonchev–Trinajstić information content (AvgIpc) is 3.01. The van der Waals surface area contributed by atoms with Gasteiger partial charge in [-0.1, -0.05) is 12.8 Å². The minimum Gasteiger partial charge on any atom is -0.453 e. The number of anilines is 1. The molecule has 0 saturated heterocycles. The van der Waals surface area contributed by atoms with Gasteiger partial charge in [0.05, 0.1) is 5.56 Å². The molecule has 1 aliphatic rings. The van der Waals surface area contributed by atoms with Gasteiger partial charge in [0.15, 0.2) is 6.61 Å². The van der Waals surface area contributed by atoms with Gasteiger partial charge in [0, 0.05) is 17.5 Å². The van der Waals surface area contributed by atoms with Gasteiger partial charge in [-0.3, -0.25) is 9.59 Å². The third-order valence-electron chi connectivity index (χ3n) is 4.62. The molecule has 148 valence electrons. The van der Waals surface area contributed by atoms with Crippen molar-refractivity contribution in [2.45, 2.75) is 45.4 Å². The van der Waals surface area contributed by atoms with Gasteiger partial charge in [-0.2, -0.15) is 0 Å². The Balaban J connectivity index is 1.62. The minimum atomic E-state index is -0.772. The van der Waals surface area contributed by atoms with Gasteiger partial charge in [0.2, 0.25) is 11.7 Å². The van der Waals surface area contributed by atoms with E-state index in [9.17, 15) is 18.8 Å². The molecule has 1 N–H and O–H groups in total. The first-order chi connectivity index (χ1) is 13.4. The van der Waals surface area contributed by atoms with Crippen molar-refractivity contribution in [2.24, 2.45) is 0 Å². The van der Waals surface area contributed by atoms with E-state index >= 15 is 0 Å². The molecule has 1 amide bonds. The van der Waals surface area contributed by atoms with E-state index in [-0.39, 0.29) is 17.2 Å². The van der Waals surface area contributed by atoms with Crippen LogP contribution in [0.25, 0.3) is 0 Å². The molecule has 1 aliphatic carbocycles. The van der Waals surface area contributed by atoms with Crippen molar-refractivity contribution >= 4 is 34.7 Å². The third-order valence-corrected chi connectivity index (χ3v) is 5.84. The molecule has 0 fully saturated rings. The monoisotopic (exact) mass is 403 g/mol. The fourth-order valence-electron chi connectivity index (χ4n) is 3.25. The maximum Gasteiger partial charge on any atom is 0.348 e. The van der Waals surface area contributed by atoms with E-state index in [0.717, 1.165) is 31.7 Å². The van der Waals surface area contributed by atoms with E-state index in [2.05, 4.69) is 5.32 Å². The second kappa shape index (κ2) is 9.10. The molecular weight excluding hydrogens is 381 g/mol. The summed E-state index contributed by atoms with van der Waals surface area (Å²) in [6.45, 7) is 0.778. The Morgan fingerprint density at radius 1 is 1.11 bits per heavy atom. The van der Waals surface area contributed by atoms with Crippen molar-refractivity contribution in [1.29, 1.82) is 0 Å². The molecule has 5 nitrogen and oxygen atoms in total.